The van der Waals surface area contributed by atoms with E-state index in [0.29, 0.717) is 0 Å². The Morgan fingerprint density at radius 3 is 2.70 bits per heavy atom. The van der Waals surface area contributed by atoms with Gasteiger partial charge in [0.25, 0.3) is 0 Å². The van der Waals surface area contributed by atoms with Gasteiger partial charge in [0.1, 0.15) is 0 Å². The van der Waals surface area contributed by atoms with Gasteiger partial charge in [-0.3, -0.25) is 0 Å². The van der Waals surface area contributed by atoms with E-state index in [2.05, 4.69) is 13.3 Å². The molecule has 56 valence electrons. The molecule has 0 aliphatic heterocycles. The van der Waals surface area contributed by atoms with E-state index < -0.39 is 0 Å². The van der Waals surface area contributed by atoms with Crippen LogP contribution in [0.25, 0.3) is 0 Å². The van der Waals surface area contributed by atoms with Crippen molar-refractivity contribution in [3.8, 4) is 0 Å². The normalized spacial score (nSPS) is 44.7. The molecule has 2 rings (SSSR count). The van der Waals surface area contributed by atoms with Crippen LogP contribution in [0.5, 0.6) is 0 Å². The largest absolute Gasteiger partial charge is 2.00 e. The Kier molecular flexibility index (Phi) is 2.98. The molecule has 3 unspecified atom stereocenters. The van der Waals surface area contributed by atoms with Gasteiger partial charge in [0.05, 0.1) is 0 Å². The second-order valence-electron chi connectivity index (χ2n) is 3.49. The molecule has 0 amide bonds. The van der Waals surface area contributed by atoms with Crippen LogP contribution >= 0.6 is 0 Å². The van der Waals surface area contributed by atoms with Gasteiger partial charge in [0.15, 0.2) is 0 Å². The molecule has 0 heterocycles. The SMILES string of the molecule is [CH2-]C1CCC2CC[CH-]C12.[W+2]. The van der Waals surface area contributed by atoms with Crippen molar-refractivity contribution in [2.75, 3.05) is 0 Å². The Morgan fingerprint density at radius 2 is 2.00 bits per heavy atom. The molecule has 0 aromatic carbocycles. The van der Waals surface area contributed by atoms with Crippen molar-refractivity contribution < 1.29 is 21.1 Å². The summed E-state index contributed by atoms with van der Waals surface area (Å²) in [5, 5.41) is 0. The minimum atomic E-state index is 0. The predicted molar refractivity (Wildman–Crippen MR) is 38.6 cm³/mol. The third-order valence-corrected chi connectivity index (χ3v) is 2.97. The first-order valence-electron chi connectivity index (χ1n) is 4.04. The van der Waals surface area contributed by atoms with Crippen molar-refractivity contribution >= 4 is 0 Å². The third kappa shape index (κ3) is 1.32. The van der Waals surface area contributed by atoms with E-state index in [1.54, 1.807) is 0 Å². The summed E-state index contributed by atoms with van der Waals surface area (Å²) in [6, 6.07) is 0. The summed E-state index contributed by atoms with van der Waals surface area (Å²) < 4.78 is 0. The van der Waals surface area contributed by atoms with Crippen LogP contribution in [-0.2, 0) is 21.1 Å². The van der Waals surface area contributed by atoms with E-state index in [-0.39, 0.29) is 21.1 Å². The molecule has 0 nitrogen and oxygen atoms in total. The predicted octanol–water partition coefficient (Wildman–Crippen LogP) is 2.46. The van der Waals surface area contributed by atoms with Crippen LogP contribution in [0.4, 0.5) is 0 Å². The van der Waals surface area contributed by atoms with Gasteiger partial charge < -0.3 is 13.3 Å². The Bertz CT molecular complexity index is 111. The summed E-state index contributed by atoms with van der Waals surface area (Å²) in [4.78, 5) is 0. The van der Waals surface area contributed by atoms with E-state index in [4.69, 9.17) is 0 Å². The molecule has 0 aromatic heterocycles. The van der Waals surface area contributed by atoms with Crippen molar-refractivity contribution in [1.82, 2.24) is 0 Å². The molecule has 0 radical (unpaired) electrons. The van der Waals surface area contributed by atoms with Gasteiger partial charge >= 0.3 is 21.1 Å². The second-order valence-corrected chi connectivity index (χ2v) is 3.49. The molecule has 0 N–H and O–H groups in total. The van der Waals surface area contributed by atoms with E-state index in [1.807, 2.05) is 0 Å². The molecular formula is C9H14W. The molecule has 2 saturated carbocycles. The van der Waals surface area contributed by atoms with Crippen LogP contribution in [0.3, 0.4) is 0 Å². The van der Waals surface area contributed by atoms with Gasteiger partial charge in [-0.25, -0.2) is 0 Å². The Hall–Kier alpha value is 0.688. The second kappa shape index (κ2) is 3.39. The summed E-state index contributed by atoms with van der Waals surface area (Å²) in [5.74, 6) is 2.70. The fraction of sp³-hybridized carbons (Fsp3) is 0.778. The molecule has 0 aromatic rings. The fourth-order valence-electron chi connectivity index (χ4n) is 2.42. The molecule has 1 heteroatoms. The average molecular weight is 306 g/mol. The van der Waals surface area contributed by atoms with Gasteiger partial charge in [0.2, 0.25) is 0 Å². The van der Waals surface area contributed by atoms with Crippen molar-refractivity contribution in [2.24, 2.45) is 17.8 Å². The zero-order chi connectivity index (χ0) is 6.27. The number of rotatable bonds is 0. The Labute approximate surface area is 78.0 Å². The van der Waals surface area contributed by atoms with Crippen molar-refractivity contribution in [3.05, 3.63) is 13.3 Å². The molecule has 0 saturated heterocycles. The molecule has 0 bridgehead atoms. The summed E-state index contributed by atoms with van der Waals surface area (Å²) in [7, 11) is 0. The molecule has 3 atom stereocenters. The van der Waals surface area contributed by atoms with Crippen molar-refractivity contribution in [1.29, 1.82) is 0 Å². The Balaban J connectivity index is 0.000000500. The van der Waals surface area contributed by atoms with Gasteiger partial charge in [-0.05, 0) is 0 Å². The molecule has 2 aliphatic rings. The van der Waals surface area contributed by atoms with Crippen LogP contribution in [0, 0.1) is 31.1 Å². The van der Waals surface area contributed by atoms with Gasteiger partial charge in [-0.2, -0.15) is 18.3 Å². The molecule has 0 spiro atoms. The number of hydrogen-bond acceptors (Lipinski definition) is 0. The third-order valence-electron chi connectivity index (χ3n) is 2.97. The maximum Gasteiger partial charge on any atom is 2.00 e. The van der Waals surface area contributed by atoms with Crippen LogP contribution < -0.4 is 0 Å². The maximum atomic E-state index is 4.15. The first kappa shape index (κ1) is 8.78. The summed E-state index contributed by atoms with van der Waals surface area (Å²) in [6.45, 7) is 4.15. The fourth-order valence-corrected chi connectivity index (χ4v) is 2.42. The number of hydrogen-bond donors (Lipinski definition) is 0. The summed E-state index contributed by atoms with van der Waals surface area (Å²) in [5.41, 5.74) is 0. The van der Waals surface area contributed by atoms with E-state index in [1.165, 1.54) is 25.7 Å². The van der Waals surface area contributed by atoms with Crippen LogP contribution in [0.15, 0.2) is 0 Å². The minimum Gasteiger partial charge on any atom is -0.342 e. The minimum absolute atomic E-state index is 0. The van der Waals surface area contributed by atoms with Crippen molar-refractivity contribution in [2.45, 2.75) is 25.7 Å². The first-order valence-corrected chi connectivity index (χ1v) is 4.04. The Morgan fingerprint density at radius 1 is 1.20 bits per heavy atom. The van der Waals surface area contributed by atoms with E-state index >= 15 is 0 Å². The smallest absolute Gasteiger partial charge is 0.342 e. The average Bonchev–Trinajstić information content (AvgIpc) is 2.35. The molecule has 2 fully saturated rings. The van der Waals surface area contributed by atoms with Crippen LogP contribution in [-0.4, -0.2) is 0 Å². The number of fused-ring (bicyclic) bond motifs is 1. The van der Waals surface area contributed by atoms with Crippen LogP contribution in [0.1, 0.15) is 25.7 Å². The summed E-state index contributed by atoms with van der Waals surface area (Å²) in [6.07, 6.45) is 8.15. The topological polar surface area (TPSA) is 0 Å². The molecule has 10 heavy (non-hydrogen) atoms. The van der Waals surface area contributed by atoms with E-state index in [9.17, 15) is 0 Å². The van der Waals surface area contributed by atoms with Gasteiger partial charge in [-0.15, -0.1) is 0 Å². The zero-order valence-corrected chi connectivity index (χ0v) is 9.19. The maximum absolute atomic E-state index is 4.15. The zero-order valence-electron chi connectivity index (χ0n) is 6.25. The first-order chi connectivity index (χ1) is 4.38. The van der Waals surface area contributed by atoms with Gasteiger partial charge in [0, 0.05) is 0 Å². The molecular weight excluding hydrogens is 292 g/mol. The quantitative estimate of drug-likeness (QED) is 0.603. The van der Waals surface area contributed by atoms with Crippen LogP contribution in [0.2, 0.25) is 0 Å². The monoisotopic (exact) mass is 306 g/mol. The summed E-state index contributed by atoms with van der Waals surface area (Å²) >= 11 is 0. The van der Waals surface area contributed by atoms with Crippen molar-refractivity contribution in [3.63, 3.8) is 0 Å². The van der Waals surface area contributed by atoms with E-state index in [0.717, 1.165) is 17.8 Å². The van der Waals surface area contributed by atoms with Gasteiger partial charge in [-0.1, -0.05) is 25.2 Å². The standard InChI is InChI=1S/C9H14.W/c1-7-5-6-8-3-2-4-9(7)8;/h4,7-9H,1-3,5-6H2;/q-2;+2. The molecule has 2 aliphatic carbocycles.